The Morgan fingerprint density at radius 3 is 2.44 bits per heavy atom. The smallest absolute Gasteiger partial charge is 0.324 e. The van der Waals surface area contributed by atoms with E-state index in [-0.39, 0.29) is 10.9 Å². The van der Waals surface area contributed by atoms with Crippen molar-refractivity contribution in [2.45, 2.75) is 56.4 Å². The van der Waals surface area contributed by atoms with Crippen molar-refractivity contribution >= 4 is 27.4 Å². The number of aromatic nitrogens is 1. The van der Waals surface area contributed by atoms with Crippen LogP contribution in [0.3, 0.4) is 0 Å². The highest BCUT2D eigenvalue weighted by atomic mass is 32.2. The molecule has 41 heavy (non-hydrogen) atoms. The molecule has 2 heterocycles. The molecule has 3 N–H and O–H groups in total. The molecule has 1 aliphatic rings. The fourth-order valence-corrected chi connectivity index (χ4v) is 5.92. The molecule has 3 aromatic rings. The average Bonchev–Trinajstić information content (AvgIpc) is 3.36. The van der Waals surface area contributed by atoms with Crippen LogP contribution in [0.25, 0.3) is 0 Å². The number of hydrogen-bond donors (Lipinski definition) is 3. The normalized spacial score (nSPS) is 14.4. The number of aliphatic hydroxyl groups is 1. The number of urea groups is 1. The summed E-state index contributed by atoms with van der Waals surface area (Å²) in [6.45, 7) is 5.34. The number of hydrogen-bond acceptors (Lipinski definition) is 6. The Labute approximate surface area is 243 Å². The number of benzene rings is 2. The number of anilines is 2. The predicted molar refractivity (Wildman–Crippen MR) is 163 cm³/mol. The lowest BCUT2D eigenvalue weighted by Crippen LogP contribution is -2.32. The van der Waals surface area contributed by atoms with Gasteiger partial charge in [0.25, 0.3) is 10.0 Å². The molecule has 0 saturated carbocycles. The first kappa shape index (κ1) is 30.5. The molecular weight excluding hydrogens is 538 g/mol. The third-order valence-corrected chi connectivity index (χ3v) is 8.69. The van der Waals surface area contributed by atoms with E-state index in [0.717, 1.165) is 36.9 Å². The van der Waals surface area contributed by atoms with Gasteiger partial charge in [-0.15, -0.1) is 0 Å². The van der Waals surface area contributed by atoms with Gasteiger partial charge in [-0.2, -0.15) is 0 Å². The van der Waals surface area contributed by atoms with E-state index in [1.54, 1.807) is 59.8 Å². The van der Waals surface area contributed by atoms with Gasteiger partial charge in [-0.3, -0.25) is 14.6 Å². The Balaban J connectivity index is 1.23. The van der Waals surface area contributed by atoms with Crippen LogP contribution in [-0.2, 0) is 16.4 Å². The van der Waals surface area contributed by atoms with Crippen LogP contribution in [0.15, 0.2) is 78.0 Å². The molecule has 0 unspecified atom stereocenters. The highest BCUT2D eigenvalue weighted by Crippen LogP contribution is 2.24. The number of pyridine rings is 1. The van der Waals surface area contributed by atoms with Gasteiger partial charge in [-0.05, 0) is 67.4 Å². The first-order chi connectivity index (χ1) is 19.9. The van der Waals surface area contributed by atoms with Crippen LogP contribution in [-0.4, -0.2) is 62.2 Å². The lowest BCUT2D eigenvalue weighted by molar-refractivity contribution is 0.174. The average molecular weight is 580 g/mol. The summed E-state index contributed by atoms with van der Waals surface area (Å²) in [5.41, 5.74) is 2.99. The van der Waals surface area contributed by atoms with Gasteiger partial charge >= 0.3 is 6.03 Å². The molecule has 1 aliphatic heterocycles. The largest absolute Gasteiger partial charge is 0.387 e. The van der Waals surface area contributed by atoms with Crippen molar-refractivity contribution in [2.75, 3.05) is 42.3 Å². The number of unbranched alkanes of at least 4 members (excludes halogenated alkanes) is 4. The molecule has 9 nitrogen and oxygen atoms in total. The summed E-state index contributed by atoms with van der Waals surface area (Å²) in [6, 6.07) is 17.3. The molecular formula is C31H41N5O4S. The molecule has 0 aliphatic carbocycles. The minimum Gasteiger partial charge on any atom is -0.387 e. The lowest BCUT2D eigenvalue weighted by atomic mass is 10.1. The van der Waals surface area contributed by atoms with Crippen molar-refractivity contribution in [1.29, 1.82) is 0 Å². The molecule has 2 amide bonds. The van der Waals surface area contributed by atoms with E-state index in [0.29, 0.717) is 37.6 Å². The fourth-order valence-electron chi connectivity index (χ4n) is 4.86. The fraction of sp³-hybridized carbons (Fsp3) is 0.419. The first-order valence-electron chi connectivity index (χ1n) is 14.4. The van der Waals surface area contributed by atoms with Crippen molar-refractivity contribution in [3.63, 3.8) is 0 Å². The van der Waals surface area contributed by atoms with Gasteiger partial charge < -0.3 is 15.3 Å². The number of rotatable bonds is 16. The predicted octanol–water partition coefficient (Wildman–Crippen LogP) is 4.96. The summed E-state index contributed by atoms with van der Waals surface area (Å²) in [6.07, 6.45) is 9.22. The topological polar surface area (TPSA) is 115 Å². The molecule has 10 heteroatoms. The highest BCUT2D eigenvalue weighted by molar-refractivity contribution is 7.92. The van der Waals surface area contributed by atoms with E-state index in [4.69, 9.17) is 0 Å². The summed E-state index contributed by atoms with van der Waals surface area (Å²) >= 11 is 0. The molecule has 1 aromatic heterocycles. The Kier molecular flexibility index (Phi) is 11.1. The van der Waals surface area contributed by atoms with Crippen molar-refractivity contribution in [3.05, 3.63) is 84.2 Å². The van der Waals surface area contributed by atoms with Crippen LogP contribution < -0.4 is 14.9 Å². The molecule has 0 radical (unpaired) electrons. The standard InChI is InChI=1S/C31H41N5O4S/c1-2-3-4-5-6-20-35-21-22-36(31(35)38)28-13-15-29(16-14-28)41(39,40)34-27-11-9-25(10-12-27)17-19-33-24-30(37)26-8-7-18-32-23-26/h7-16,18,23,30,33-34,37H,2-6,17,19-22,24H2,1H3/t30-/m0/s1. The zero-order valence-corrected chi connectivity index (χ0v) is 24.5. The third kappa shape index (κ3) is 8.76. The van der Waals surface area contributed by atoms with Gasteiger partial charge in [0.1, 0.15) is 0 Å². The van der Waals surface area contributed by atoms with E-state index in [1.807, 2.05) is 23.1 Å². The Morgan fingerprint density at radius 1 is 0.976 bits per heavy atom. The van der Waals surface area contributed by atoms with Gasteiger partial charge in [-0.25, -0.2) is 13.2 Å². The number of carbonyl (C=O) groups is 1. The van der Waals surface area contributed by atoms with Crippen molar-refractivity contribution in [3.8, 4) is 0 Å². The summed E-state index contributed by atoms with van der Waals surface area (Å²) in [7, 11) is -3.78. The SMILES string of the molecule is CCCCCCCN1CCN(c2ccc(S(=O)(=O)Nc3ccc(CCNC[C@H](O)c4cccnc4)cc3)cc2)C1=O. The Bertz CT molecular complexity index is 1340. The quantitative estimate of drug-likeness (QED) is 0.207. The van der Waals surface area contributed by atoms with E-state index < -0.39 is 16.1 Å². The molecule has 220 valence electrons. The van der Waals surface area contributed by atoms with E-state index in [2.05, 4.69) is 21.9 Å². The monoisotopic (exact) mass is 579 g/mol. The summed E-state index contributed by atoms with van der Waals surface area (Å²) < 4.78 is 28.6. The van der Waals surface area contributed by atoms with Gasteiger partial charge in [0.05, 0.1) is 11.0 Å². The summed E-state index contributed by atoms with van der Waals surface area (Å²) in [5.74, 6) is 0. The highest BCUT2D eigenvalue weighted by Gasteiger charge is 2.29. The number of amides is 2. The number of nitrogens with one attached hydrogen (secondary N) is 2. The van der Waals surface area contributed by atoms with E-state index >= 15 is 0 Å². The van der Waals surface area contributed by atoms with Crippen LogP contribution in [0.5, 0.6) is 0 Å². The Hall–Kier alpha value is -3.47. The van der Waals surface area contributed by atoms with Crippen LogP contribution in [0, 0.1) is 0 Å². The zero-order valence-electron chi connectivity index (χ0n) is 23.7. The maximum Gasteiger partial charge on any atom is 0.324 e. The second-order valence-electron chi connectivity index (χ2n) is 10.4. The number of nitrogens with zero attached hydrogens (tertiary/aromatic N) is 3. The van der Waals surface area contributed by atoms with E-state index in [1.165, 1.54) is 19.3 Å². The molecule has 1 fully saturated rings. The van der Waals surface area contributed by atoms with Crippen LogP contribution >= 0.6 is 0 Å². The molecule has 1 atom stereocenters. The molecule has 1 saturated heterocycles. The van der Waals surface area contributed by atoms with Crippen molar-refractivity contribution in [2.24, 2.45) is 0 Å². The molecule has 0 spiro atoms. The lowest BCUT2D eigenvalue weighted by Gasteiger charge is -2.19. The molecule has 2 aromatic carbocycles. The van der Waals surface area contributed by atoms with Crippen molar-refractivity contribution in [1.82, 2.24) is 15.2 Å². The minimum atomic E-state index is -3.78. The molecule has 0 bridgehead atoms. The summed E-state index contributed by atoms with van der Waals surface area (Å²) in [4.78, 5) is 20.6. The van der Waals surface area contributed by atoms with Gasteiger partial charge in [0, 0.05) is 55.5 Å². The second kappa shape index (κ2) is 15.0. The maximum absolute atomic E-state index is 13.0. The van der Waals surface area contributed by atoms with Gasteiger partial charge in [0.15, 0.2) is 0 Å². The second-order valence-corrected chi connectivity index (χ2v) is 12.1. The van der Waals surface area contributed by atoms with Crippen molar-refractivity contribution < 1.29 is 18.3 Å². The summed E-state index contributed by atoms with van der Waals surface area (Å²) in [5, 5.41) is 13.4. The first-order valence-corrected chi connectivity index (χ1v) is 15.9. The van der Waals surface area contributed by atoms with Crippen LogP contribution in [0.4, 0.5) is 16.2 Å². The third-order valence-electron chi connectivity index (χ3n) is 7.29. The van der Waals surface area contributed by atoms with Crippen LogP contribution in [0.2, 0.25) is 0 Å². The van der Waals surface area contributed by atoms with Gasteiger partial charge in [0.2, 0.25) is 0 Å². The number of sulfonamides is 1. The minimum absolute atomic E-state index is 0.0193. The van der Waals surface area contributed by atoms with E-state index in [9.17, 15) is 18.3 Å². The Morgan fingerprint density at radius 2 is 1.73 bits per heavy atom. The molecule has 4 rings (SSSR count). The van der Waals surface area contributed by atoms with Gasteiger partial charge in [-0.1, -0.05) is 50.8 Å². The number of aliphatic hydroxyl groups excluding tert-OH is 1. The maximum atomic E-state index is 13.0. The zero-order chi connectivity index (χ0) is 29.1. The van der Waals surface area contributed by atoms with Crippen LogP contribution in [0.1, 0.15) is 56.3 Å². The number of carbonyl (C=O) groups excluding carboxylic acids is 1.